The number of carbonyl (C=O) groups excluding carboxylic acids is 1. The standard InChI is InChI=1S/C21H19Cl2NO5S/c22-17-6-4-15(11-18(17)23)30(26,27)14-5-7-19-16(10-14)21(28-8-1-9-29-21)20(25)24(19)12-13-2-3-13/h4-7,10-11,13H,1-3,8-9,12H2. The van der Waals surface area contributed by atoms with Crippen LogP contribution in [-0.4, -0.2) is 34.1 Å². The predicted molar refractivity (Wildman–Crippen MR) is 112 cm³/mol. The number of sulfone groups is 1. The summed E-state index contributed by atoms with van der Waals surface area (Å²) in [6.45, 7) is 1.32. The first kappa shape index (κ1) is 20.3. The van der Waals surface area contributed by atoms with Crippen molar-refractivity contribution < 1.29 is 22.7 Å². The van der Waals surface area contributed by atoms with E-state index in [-0.39, 0.29) is 25.7 Å². The van der Waals surface area contributed by atoms with Gasteiger partial charge in [0.25, 0.3) is 11.7 Å². The van der Waals surface area contributed by atoms with Crippen molar-refractivity contribution in [3.8, 4) is 0 Å². The van der Waals surface area contributed by atoms with Gasteiger partial charge < -0.3 is 14.4 Å². The Hall–Kier alpha value is -1.64. The maximum Gasteiger partial charge on any atom is 0.292 e. The van der Waals surface area contributed by atoms with Gasteiger partial charge in [0.15, 0.2) is 0 Å². The molecule has 0 N–H and O–H groups in total. The maximum atomic E-state index is 13.3. The van der Waals surface area contributed by atoms with Crippen LogP contribution in [0.15, 0.2) is 46.2 Å². The molecule has 0 aromatic heterocycles. The number of ether oxygens (including phenoxy) is 2. The topological polar surface area (TPSA) is 72.9 Å². The van der Waals surface area contributed by atoms with Gasteiger partial charge in [-0.1, -0.05) is 23.2 Å². The summed E-state index contributed by atoms with van der Waals surface area (Å²) in [6.07, 6.45) is 2.84. The van der Waals surface area contributed by atoms with Gasteiger partial charge in [0.05, 0.1) is 38.7 Å². The first-order valence-corrected chi connectivity index (χ1v) is 12.0. The molecule has 2 aromatic carbocycles. The van der Waals surface area contributed by atoms with Gasteiger partial charge in [-0.15, -0.1) is 0 Å². The van der Waals surface area contributed by atoms with Crippen molar-refractivity contribution in [1.29, 1.82) is 0 Å². The van der Waals surface area contributed by atoms with Gasteiger partial charge in [-0.05, 0) is 61.6 Å². The molecule has 2 heterocycles. The molecule has 0 atom stereocenters. The maximum absolute atomic E-state index is 13.3. The first-order chi connectivity index (χ1) is 14.3. The molecule has 30 heavy (non-hydrogen) atoms. The predicted octanol–water partition coefficient (Wildman–Crippen LogP) is 4.17. The number of hydrogen-bond donors (Lipinski definition) is 0. The second kappa shape index (κ2) is 7.21. The van der Waals surface area contributed by atoms with Crippen LogP contribution in [0.1, 0.15) is 24.8 Å². The van der Waals surface area contributed by atoms with Crippen LogP contribution in [0.25, 0.3) is 0 Å². The average molecular weight is 468 g/mol. The summed E-state index contributed by atoms with van der Waals surface area (Å²) in [6, 6.07) is 8.83. The van der Waals surface area contributed by atoms with E-state index in [0.717, 1.165) is 12.8 Å². The summed E-state index contributed by atoms with van der Waals surface area (Å²) in [5.41, 5.74) is 1.08. The molecule has 0 bridgehead atoms. The van der Waals surface area contributed by atoms with Crippen LogP contribution in [0.5, 0.6) is 0 Å². The van der Waals surface area contributed by atoms with Gasteiger partial charge in [-0.3, -0.25) is 4.79 Å². The number of carbonyl (C=O) groups is 1. The molecular weight excluding hydrogens is 449 g/mol. The van der Waals surface area contributed by atoms with E-state index >= 15 is 0 Å². The van der Waals surface area contributed by atoms with Gasteiger partial charge in [-0.2, -0.15) is 0 Å². The monoisotopic (exact) mass is 467 g/mol. The quantitative estimate of drug-likeness (QED) is 0.674. The molecule has 2 aromatic rings. The lowest BCUT2D eigenvalue weighted by Crippen LogP contribution is -2.47. The lowest BCUT2D eigenvalue weighted by molar-refractivity contribution is -0.256. The number of amides is 1. The van der Waals surface area contributed by atoms with Crippen LogP contribution in [0.4, 0.5) is 5.69 Å². The Morgan fingerprint density at radius 1 is 1.00 bits per heavy atom. The van der Waals surface area contributed by atoms with E-state index in [0.29, 0.717) is 43.3 Å². The van der Waals surface area contributed by atoms with Crippen molar-refractivity contribution in [3.63, 3.8) is 0 Å². The molecule has 9 heteroatoms. The highest BCUT2D eigenvalue weighted by Crippen LogP contribution is 2.48. The third-order valence-electron chi connectivity index (χ3n) is 5.69. The minimum Gasteiger partial charge on any atom is -0.338 e. The number of benzene rings is 2. The van der Waals surface area contributed by atoms with Crippen molar-refractivity contribution >= 4 is 44.6 Å². The molecule has 0 radical (unpaired) electrons. The molecule has 3 aliphatic rings. The van der Waals surface area contributed by atoms with Crippen LogP contribution in [0, 0.1) is 5.92 Å². The van der Waals surface area contributed by atoms with Crippen LogP contribution in [-0.2, 0) is 29.9 Å². The summed E-state index contributed by atoms with van der Waals surface area (Å²) in [5, 5.41) is 0.425. The van der Waals surface area contributed by atoms with Gasteiger partial charge >= 0.3 is 0 Å². The summed E-state index contributed by atoms with van der Waals surface area (Å²) < 4.78 is 38.2. The number of anilines is 1. The minimum absolute atomic E-state index is 0.0236. The van der Waals surface area contributed by atoms with Crippen molar-refractivity contribution in [3.05, 3.63) is 52.0 Å². The molecule has 1 saturated heterocycles. The number of rotatable bonds is 4. The van der Waals surface area contributed by atoms with Gasteiger partial charge in [0.2, 0.25) is 9.84 Å². The van der Waals surface area contributed by atoms with E-state index < -0.39 is 15.6 Å². The van der Waals surface area contributed by atoms with Crippen molar-refractivity contribution in [2.75, 3.05) is 24.7 Å². The normalized spacial score (nSPS) is 20.6. The molecule has 1 aliphatic carbocycles. The van der Waals surface area contributed by atoms with E-state index in [4.69, 9.17) is 32.7 Å². The zero-order valence-electron chi connectivity index (χ0n) is 15.9. The third kappa shape index (κ3) is 3.15. The second-order valence-electron chi connectivity index (χ2n) is 7.78. The fourth-order valence-corrected chi connectivity index (χ4v) is 5.59. The Labute approximate surface area is 184 Å². The van der Waals surface area contributed by atoms with E-state index in [1.807, 2.05) is 0 Å². The highest BCUT2D eigenvalue weighted by molar-refractivity contribution is 7.91. The Bertz CT molecular complexity index is 1140. The van der Waals surface area contributed by atoms with E-state index in [2.05, 4.69) is 0 Å². The molecule has 158 valence electrons. The third-order valence-corrected chi connectivity index (χ3v) is 8.18. The zero-order chi connectivity index (χ0) is 21.1. The van der Waals surface area contributed by atoms with E-state index in [1.54, 1.807) is 11.0 Å². The zero-order valence-corrected chi connectivity index (χ0v) is 18.3. The molecular formula is C21H19Cl2NO5S. The first-order valence-electron chi connectivity index (χ1n) is 9.77. The fraction of sp³-hybridized carbons (Fsp3) is 0.381. The van der Waals surface area contributed by atoms with Gasteiger partial charge in [0.1, 0.15) is 0 Å². The Kier molecular flexibility index (Phi) is 4.87. The van der Waals surface area contributed by atoms with Crippen LogP contribution in [0.3, 0.4) is 0 Å². The lowest BCUT2D eigenvalue weighted by Gasteiger charge is -2.32. The van der Waals surface area contributed by atoms with Crippen molar-refractivity contribution in [2.45, 2.75) is 34.8 Å². The number of halogens is 2. The Morgan fingerprint density at radius 3 is 2.33 bits per heavy atom. The van der Waals surface area contributed by atoms with Gasteiger partial charge in [-0.25, -0.2) is 8.42 Å². The van der Waals surface area contributed by atoms with Crippen LogP contribution in [0.2, 0.25) is 10.0 Å². The van der Waals surface area contributed by atoms with E-state index in [9.17, 15) is 13.2 Å². The van der Waals surface area contributed by atoms with Gasteiger partial charge in [0, 0.05) is 12.1 Å². The molecule has 0 unspecified atom stereocenters. The summed E-state index contributed by atoms with van der Waals surface area (Å²) in [7, 11) is -3.88. The smallest absolute Gasteiger partial charge is 0.292 e. The molecule has 2 aliphatic heterocycles. The highest BCUT2D eigenvalue weighted by Gasteiger charge is 2.55. The summed E-state index contributed by atoms with van der Waals surface area (Å²) in [4.78, 5) is 15.0. The number of hydrogen-bond acceptors (Lipinski definition) is 5. The molecule has 1 spiro atoms. The van der Waals surface area contributed by atoms with Crippen molar-refractivity contribution in [2.24, 2.45) is 5.92 Å². The van der Waals surface area contributed by atoms with Crippen LogP contribution < -0.4 is 4.90 Å². The second-order valence-corrected chi connectivity index (χ2v) is 10.5. The fourth-order valence-electron chi connectivity index (χ4n) is 3.91. The SMILES string of the molecule is O=C1N(CC2CC2)c2ccc(S(=O)(=O)c3ccc(Cl)c(Cl)c3)cc2C12OCCCO2. The molecule has 5 rings (SSSR count). The molecule has 1 amide bonds. The summed E-state index contributed by atoms with van der Waals surface area (Å²) in [5.74, 6) is -1.40. The Balaban J connectivity index is 1.62. The van der Waals surface area contributed by atoms with Crippen molar-refractivity contribution in [1.82, 2.24) is 0 Å². The van der Waals surface area contributed by atoms with E-state index in [1.165, 1.54) is 30.3 Å². The lowest BCUT2D eigenvalue weighted by atomic mass is 10.1. The largest absolute Gasteiger partial charge is 0.338 e. The molecule has 6 nitrogen and oxygen atoms in total. The number of nitrogens with zero attached hydrogens (tertiary/aromatic N) is 1. The minimum atomic E-state index is -3.88. The molecule has 2 fully saturated rings. The average Bonchev–Trinajstić information content (AvgIpc) is 3.54. The summed E-state index contributed by atoms with van der Waals surface area (Å²) >= 11 is 11.9. The molecule has 1 saturated carbocycles. The Morgan fingerprint density at radius 2 is 1.67 bits per heavy atom. The highest BCUT2D eigenvalue weighted by atomic mass is 35.5. The van der Waals surface area contributed by atoms with Crippen LogP contribution >= 0.6 is 23.2 Å². The number of fused-ring (bicyclic) bond motifs is 2.